The molecule has 0 bridgehead atoms. The highest BCUT2D eigenvalue weighted by atomic mass is 16.2. The Hall–Kier alpha value is -0.610. The van der Waals surface area contributed by atoms with Crippen LogP contribution in [0.2, 0.25) is 0 Å². The summed E-state index contributed by atoms with van der Waals surface area (Å²) in [5.41, 5.74) is 0. The summed E-state index contributed by atoms with van der Waals surface area (Å²) in [5, 5.41) is 3.42. The number of piperidine rings is 1. The molecule has 0 aromatic rings. The van der Waals surface area contributed by atoms with E-state index in [1.165, 1.54) is 45.2 Å². The minimum Gasteiger partial charge on any atom is -0.340 e. The first-order chi connectivity index (χ1) is 10.3. The summed E-state index contributed by atoms with van der Waals surface area (Å²) in [4.78, 5) is 16.6. The standard InChI is InChI=1S/C17H33N3O/c1-2-19-12-14-20(15-13-19)17(21)7-5-3-4-6-16-8-10-18-11-9-16/h16,18H,2-15H2,1H3. The molecule has 0 unspecified atom stereocenters. The Balaban J connectivity index is 1.49. The minimum atomic E-state index is 0.382. The van der Waals surface area contributed by atoms with Crippen molar-refractivity contribution >= 4 is 5.91 Å². The van der Waals surface area contributed by atoms with Gasteiger partial charge in [0.15, 0.2) is 0 Å². The van der Waals surface area contributed by atoms with Gasteiger partial charge < -0.3 is 15.1 Å². The first-order valence-corrected chi connectivity index (χ1v) is 9.00. The normalized spacial score (nSPS) is 21.7. The van der Waals surface area contributed by atoms with Crippen molar-refractivity contribution in [1.29, 1.82) is 0 Å². The van der Waals surface area contributed by atoms with Crippen molar-refractivity contribution in [3.05, 3.63) is 0 Å². The maximum Gasteiger partial charge on any atom is 0.222 e. The predicted molar refractivity (Wildman–Crippen MR) is 87.4 cm³/mol. The Kier molecular flexibility index (Phi) is 7.51. The van der Waals surface area contributed by atoms with Gasteiger partial charge in [-0.25, -0.2) is 0 Å². The first kappa shape index (κ1) is 16.8. The Labute approximate surface area is 130 Å². The van der Waals surface area contributed by atoms with Crippen LogP contribution in [-0.2, 0) is 4.79 Å². The predicted octanol–water partition coefficient (Wildman–Crippen LogP) is 2.10. The minimum absolute atomic E-state index is 0.382. The van der Waals surface area contributed by atoms with Crippen LogP contribution in [0.3, 0.4) is 0 Å². The highest BCUT2D eigenvalue weighted by molar-refractivity contribution is 5.76. The lowest BCUT2D eigenvalue weighted by Crippen LogP contribution is -2.48. The molecule has 0 aromatic carbocycles. The van der Waals surface area contributed by atoms with Gasteiger partial charge in [-0.3, -0.25) is 4.79 Å². The van der Waals surface area contributed by atoms with Gasteiger partial charge in [-0.2, -0.15) is 0 Å². The van der Waals surface area contributed by atoms with Crippen molar-refractivity contribution in [3.8, 4) is 0 Å². The van der Waals surface area contributed by atoms with Crippen molar-refractivity contribution < 1.29 is 4.79 Å². The van der Waals surface area contributed by atoms with Crippen LogP contribution in [0.4, 0.5) is 0 Å². The van der Waals surface area contributed by atoms with Crippen LogP contribution < -0.4 is 5.32 Å². The van der Waals surface area contributed by atoms with Crippen LogP contribution >= 0.6 is 0 Å². The van der Waals surface area contributed by atoms with Gasteiger partial charge in [-0.15, -0.1) is 0 Å². The molecule has 21 heavy (non-hydrogen) atoms. The van der Waals surface area contributed by atoms with Crippen molar-refractivity contribution in [2.24, 2.45) is 5.92 Å². The summed E-state index contributed by atoms with van der Waals surface area (Å²) in [6.45, 7) is 9.68. The average molecular weight is 295 g/mol. The molecule has 0 aliphatic carbocycles. The zero-order valence-electron chi connectivity index (χ0n) is 13.8. The van der Waals surface area contributed by atoms with Crippen LogP contribution in [0.25, 0.3) is 0 Å². The molecule has 4 heteroatoms. The number of carbonyl (C=O) groups is 1. The molecular formula is C17H33N3O. The second-order valence-corrected chi connectivity index (χ2v) is 6.61. The second kappa shape index (κ2) is 9.42. The molecule has 2 aliphatic rings. The maximum absolute atomic E-state index is 12.2. The van der Waals surface area contributed by atoms with Gasteiger partial charge in [-0.1, -0.05) is 26.2 Å². The first-order valence-electron chi connectivity index (χ1n) is 9.00. The summed E-state index contributed by atoms with van der Waals surface area (Å²) in [7, 11) is 0. The fourth-order valence-electron chi connectivity index (χ4n) is 3.53. The van der Waals surface area contributed by atoms with E-state index in [-0.39, 0.29) is 0 Å². The SMILES string of the molecule is CCN1CCN(C(=O)CCCCCC2CCNCC2)CC1. The van der Waals surface area contributed by atoms with E-state index >= 15 is 0 Å². The molecule has 4 nitrogen and oxygen atoms in total. The molecule has 0 spiro atoms. The van der Waals surface area contributed by atoms with Crippen LogP contribution in [0.5, 0.6) is 0 Å². The third-order valence-electron chi connectivity index (χ3n) is 5.13. The summed E-state index contributed by atoms with van der Waals surface area (Å²) in [6.07, 6.45) is 8.44. The molecule has 0 radical (unpaired) electrons. The van der Waals surface area contributed by atoms with Crippen LogP contribution in [-0.4, -0.2) is 61.5 Å². The van der Waals surface area contributed by atoms with E-state index in [0.717, 1.165) is 51.5 Å². The van der Waals surface area contributed by atoms with Gasteiger partial charge >= 0.3 is 0 Å². The van der Waals surface area contributed by atoms with Crippen molar-refractivity contribution in [2.45, 2.75) is 51.9 Å². The van der Waals surface area contributed by atoms with Crippen LogP contribution in [0.1, 0.15) is 51.9 Å². The lowest BCUT2D eigenvalue weighted by atomic mass is 9.92. The van der Waals surface area contributed by atoms with Crippen LogP contribution in [0, 0.1) is 5.92 Å². The summed E-state index contributed by atoms with van der Waals surface area (Å²) in [6, 6.07) is 0. The number of piperazine rings is 1. The highest BCUT2D eigenvalue weighted by Crippen LogP contribution is 2.19. The second-order valence-electron chi connectivity index (χ2n) is 6.61. The number of unbranched alkanes of at least 4 members (excludes halogenated alkanes) is 2. The zero-order valence-corrected chi connectivity index (χ0v) is 13.8. The number of likely N-dealkylation sites (N-methyl/N-ethyl adjacent to an activating group) is 1. The molecule has 2 aliphatic heterocycles. The molecule has 0 aromatic heterocycles. The fourth-order valence-corrected chi connectivity index (χ4v) is 3.53. The van der Waals surface area contributed by atoms with E-state index in [9.17, 15) is 4.79 Å². The van der Waals surface area contributed by atoms with Gasteiger partial charge in [-0.05, 0) is 44.8 Å². The molecule has 1 amide bonds. The Morgan fingerprint density at radius 1 is 1.05 bits per heavy atom. The number of hydrogen-bond acceptors (Lipinski definition) is 3. The van der Waals surface area contributed by atoms with Gasteiger partial charge in [0, 0.05) is 32.6 Å². The number of rotatable bonds is 7. The largest absolute Gasteiger partial charge is 0.340 e. The molecule has 2 fully saturated rings. The van der Waals surface area contributed by atoms with E-state index in [4.69, 9.17) is 0 Å². The highest BCUT2D eigenvalue weighted by Gasteiger charge is 2.19. The lowest BCUT2D eigenvalue weighted by molar-refractivity contribution is -0.133. The molecule has 0 saturated carbocycles. The molecular weight excluding hydrogens is 262 g/mol. The number of nitrogens with one attached hydrogen (secondary N) is 1. The van der Waals surface area contributed by atoms with Crippen molar-refractivity contribution in [2.75, 3.05) is 45.8 Å². The van der Waals surface area contributed by atoms with Gasteiger partial charge in [0.25, 0.3) is 0 Å². The lowest BCUT2D eigenvalue weighted by Gasteiger charge is -2.34. The summed E-state index contributed by atoms with van der Waals surface area (Å²) in [5.74, 6) is 1.32. The van der Waals surface area contributed by atoms with Gasteiger partial charge in [0.1, 0.15) is 0 Å². The van der Waals surface area contributed by atoms with Gasteiger partial charge in [0.2, 0.25) is 5.91 Å². The topological polar surface area (TPSA) is 35.6 Å². The fraction of sp³-hybridized carbons (Fsp3) is 0.941. The third-order valence-corrected chi connectivity index (χ3v) is 5.13. The Morgan fingerprint density at radius 2 is 1.76 bits per heavy atom. The zero-order chi connectivity index (χ0) is 14.9. The quantitative estimate of drug-likeness (QED) is 0.731. The smallest absolute Gasteiger partial charge is 0.222 e. The molecule has 122 valence electrons. The van der Waals surface area contributed by atoms with E-state index in [2.05, 4.69) is 22.0 Å². The molecule has 2 saturated heterocycles. The summed E-state index contributed by atoms with van der Waals surface area (Å²) >= 11 is 0. The van der Waals surface area contributed by atoms with E-state index in [0.29, 0.717) is 5.91 Å². The van der Waals surface area contributed by atoms with E-state index < -0.39 is 0 Å². The molecule has 2 rings (SSSR count). The number of nitrogens with zero attached hydrogens (tertiary/aromatic N) is 2. The van der Waals surface area contributed by atoms with Crippen molar-refractivity contribution in [1.82, 2.24) is 15.1 Å². The monoisotopic (exact) mass is 295 g/mol. The van der Waals surface area contributed by atoms with E-state index in [1.807, 2.05) is 0 Å². The van der Waals surface area contributed by atoms with Crippen LogP contribution in [0.15, 0.2) is 0 Å². The molecule has 2 heterocycles. The number of amides is 1. The number of hydrogen-bond donors (Lipinski definition) is 1. The Bertz CT molecular complexity index is 294. The Morgan fingerprint density at radius 3 is 2.43 bits per heavy atom. The number of carbonyl (C=O) groups excluding carboxylic acids is 1. The molecule has 0 atom stereocenters. The summed E-state index contributed by atoms with van der Waals surface area (Å²) < 4.78 is 0. The average Bonchev–Trinajstić information content (AvgIpc) is 2.55. The van der Waals surface area contributed by atoms with Gasteiger partial charge in [0.05, 0.1) is 0 Å². The molecule has 1 N–H and O–H groups in total. The third kappa shape index (κ3) is 5.95. The van der Waals surface area contributed by atoms with Crippen molar-refractivity contribution in [3.63, 3.8) is 0 Å². The van der Waals surface area contributed by atoms with E-state index in [1.54, 1.807) is 0 Å². The maximum atomic E-state index is 12.2.